The van der Waals surface area contributed by atoms with Crippen LogP contribution in [0.4, 0.5) is 0 Å². The highest BCUT2D eigenvalue weighted by molar-refractivity contribution is 9.10. The van der Waals surface area contributed by atoms with Crippen molar-refractivity contribution in [1.82, 2.24) is 20.0 Å². The van der Waals surface area contributed by atoms with Gasteiger partial charge in [-0.15, -0.1) is 0 Å². The van der Waals surface area contributed by atoms with E-state index in [0.29, 0.717) is 11.8 Å². The van der Waals surface area contributed by atoms with Crippen molar-refractivity contribution in [3.05, 3.63) is 34.8 Å². The average Bonchev–Trinajstić information content (AvgIpc) is 2.86. The SMILES string of the molecule is CC(C)(NC(=O)C1C2CNCC1C2)c1nc(Br)c2ccccn12. The zero-order valence-electron chi connectivity index (χ0n) is 13.3. The number of rotatable bonds is 3. The molecule has 1 aliphatic heterocycles. The summed E-state index contributed by atoms with van der Waals surface area (Å²) in [6.07, 6.45) is 3.17. The van der Waals surface area contributed by atoms with Crippen molar-refractivity contribution in [2.24, 2.45) is 17.8 Å². The highest BCUT2D eigenvalue weighted by Crippen LogP contribution is 2.43. The number of amides is 1. The lowest BCUT2D eigenvalue weighted by Crippen LogP contribution is -2.60. The molecule has 2 unspecified atom stereocenters. The smallest absolute Gasteiger partial charge is 0.224 e. The zero-order valence-corrected chi connectivity index (χ0v) is 14.9. The molecular formula is C17H21BrN4O. The summed E-state index contributed by atoms with van der Waals surface area (Å²) in [5.74, 6) is 2.16. The van der Waals surface area contributed by atoms with Gasteiger partial charge in [-0.1, -0.05) is 6.07 Å². The minimum atomic E-state index is -0.523. The van der Waals surface area contributed by atoms with E-state index in [1.807, 2.05) is 42.6 Å². The summed E-state index contributed by atoms with van der Waals surface area (Å²) in [7, 11) is 0. The molecule has 2 atom stereocenters. The lowest BCUT2D eigenvalue weighted by atomic mass is 9.61. The number of aromatic nitrogens is 2. The number of carbonyl (C=O) groups excluding carboxylic acids is 1. The van der Waals surface area contributed by atoms with E-state index < -0.39 is 5.54 Å². The Hall–Kier alpha value is -1.40. The van der Waals surface area contributed by atoms with Crippen LogP contribution in [-0.4, -0.2) is 28.4 Å². The molecule has 2 aromatic rings. The van der Waals surface area contributed by atoms with Gasteiger partial charge in [0.25, 0.3) is 0 Å². The summed E-state index contributed by atoms with van der Waals surface area (Å²) >= 11 is 3.52. The first kappa shape index (κ1) is 15.1. The topological polar surface area (TPSA) is 58.4 Å². The first-order chi connectivity index (χ1) is 11.0. The van der Waals surface area contributed by atoms with Crippen molar-refractivity contribution < 1.29 is 4.79 Å². The van der Waals surface area contributed by atoms with Crippen LogP contribution in [0.15, 0.2) is 29.0 Å². The predicted molar refractivity (Wildman–Crippen MR) is 92.0 cm³/mol. The fourth-order valence-corrected chi connectivity index (χ4v) is 4.55. The molecule has 1 amide bonds. The van der Waals surface area contributed by atoms with E-state index in [1.165, 1.54) is 6.42 Å². The number of nitrogens with zero attached hydrogens (tertiary/aromatic N) is 2. The summed E-state index contributed by atoms with van der Waals surface area (Å²) in [5.41, 5.74) is 0.486. The van der Waals surface area contributed by atoms with Gasteiger partial charge in [0.2, 0.25) is 5.91 Å². The number of pyridine rings is 1. The van der Waals surface area contributed by atoms with E-state index in [9.17, 15) is 4.79 Å². The molecular weight excluding hydrogens is 356 g/mol. The van der Waals surface area contributed by atoms with Crippen molar-refractivity contribution in [2.45, 2.75) is 25.8 Å². The number of hydrogen-bond acceptors (Lipinski definition) is 3. The van der Waals surface area contributed by atoms with Crippen LogP contribution in [0.1, 0.15) is 26.1 Å². The Morgan fingerprint density at radius 1 is 1.39 bits per heavy atom. The van der Waals surface area contributed by atoms with Crippen LogP contribution in [0.25, 0.3) is 5.52 Å². The van der Waals surface area contributed by atoms with E-state index >= 15 is 0 Å². The van der Waals surface area contributed by atoms with Crippen LogP contribution in [0, 0.1) is 17.8 Å². The van der Waals surface area contributed by atoms with Gasteiger partial charge in [-0.25, -0.2) is 4.98 Å². The molecule has 1 saturated carbocycles. The number of nitrogens with one attached hydrogen (secondary N) is 2. The molecule has 2 fully saturated rings. The van der Waals surface area contributed by atoms with Crippen molar-refractivity contribution in [1.29, 1.82) is 0 Å². The summed E-state index contributed by atoms with van der Waals surface area (Å²) in [4.78, 5) is 17.4. The third-order valence-electron chi connectivity index (χ3n) is 5.24. The van der Waals surface area contributed by atoms with Gasteiger partial charge in [0.15, 0.2) is 0 Å². The molecule has 1 saturated heterocycles. The van der Waals surface area contributed by atoms with Gasteiger partial charge in [-0.2, -0.15) is 0 Å². The van der Waals surface area contributed by atoms with Crippen LogP contribution in [-0.2, 0) is 10.3 Å². The molecule has 1 aliphatic carbocycles. The summed E-state index contributed by atoms with van der Waals surface area (Å²) in [6, 6.07) is 5.98. The van der Waals surface area contributed by atoms with E-state index in [0.717, 1.165) is 29.0 Å². The zero-order chi connectivity index (χ0) is 16.2. The van der Waals surface area contributed by atoms with Crippen LogP contribution in [0.2, 0.25) is 0 Å². The second kappa shape index (κ2) is 5.31. The monoisotopic (exact) mass is 376 g/mol. The molecule has 2 bridgehead atoms. The lowest BCUT2D eigenvalue weighted by molar-refractivity contribution is -0.138. The number of piperidine rings is 2. The Bertz CT molecular complexity index is 755. The maximum Gasteiger partial charge on any atom is 0.224 e. The highest BCUT2D eigenvalue weighted by atomic mass is 79.9. The minimum absolute atomic E-state index is 0.158. The van der Waals surface area contributed by atoms with E-state index in [4.69, 9.17) is 0 Å². The first-order valence-corrected chi connectivity index (χ1v) is 8.92. The summed E-state index contributed by atoms with van der Waals surface area (Å²) in [5, 5.41) is 6.63. The van der Waals surface area contributed by atoms with E-state index in [2.05, 4.69) is 31.5 Å². The van der Waals surface area contributed by atoms with Gasteiger partial charge >= 0.3 is 0 Å². The Labute approximate surface area is 144 Å². The number of fused-ring (bicyclic) bond motifs is 3. The van der Waals surface area contributed by atoms with Crippen molar-refractivity contribution in [2.75, 3.05) is 13.1 Å². The molecule has 0 aromatic carbocycles. The third-order valence-corrected chi connectivity index (χ3v) is 5.82. The van der Waals surface area contributed by atoms with Crippen LogP contribution in [0.5, 0.6) is 0 Å². The number of carbonyl (C=O) groups is 1. The van der Waals surface area contributed by atoms with E-state index in [-0.39, 0.29) is 11.8 Å². The maximum atomic E-state index is 12.8. The van der Waals surface area contributed by atoms with Crippen molar-refractivity contribution in [3.63, 3.8) is 0 Å². The second-order valence-corrected chi connectivity index (χ2v) is 7.99. The lowest BCUT2D eigenvalue weighted by Gasteiger charge is -2.49. The average molecular weight is 377 g/mol. The minimum Gasteiger partial charge on any atom is -0.344 e. The Morgan fingerprint density at radius 2 is 2.13 bits per heavy atom. The van der Waals surface area contributed by atoms with Gasteiger partial charge in [0.1, 0.15) is 10.4 Å². The maximum absolute atomic E-state index is 12.8. The first-order valence-electron chi connectivity index (χ1n) is 8.13. The van der Waals surface area contributed by atoms with Crippen LogP contribution in [0.3, 0.4) is 0 Å². The molecule has 0 spiro atoms. The summed E-state index contributed by atoms with van der Waals surface area (Å²) < 4.78 is 2.84. The Morgan fingerprint density at radius 3 is 2.83 bits per heavy atom. The van der Waals surface area contributed by atoms with Gasteiger partial charge in [0, 0.05) is 12.1 Å². The highest BCUT2D eigenvalue weighted by Gasteiger charge is 2.48. The third kappa shape index (κ3) is 2.39. The van der Waals surface area contributed by atoms with E-state index in [1.54, 1.807) is 0 Å². The van der Waals surface area contributed by atoms with Crippen molar-refractivity contribution in [3.8, 4) is 0 Å². The molecule has 3 heterocycles. The molecule has 2 N–H and O–H groups in total. The predicted octanol–water partition coefficient (Wildman–Crippen LogP) is 2.30. The Kier molecular flexibility index (Phi) is 3.50. The normalized spacial score (nSPS) is 26.8. The fraction of sp³-hybridized carbons (Fsp3) is 0.529. The number of imidazole rings is 1. The molecule has 0 radical (unpaired) electrons. The molecule has 2 aromatic heterocycles. The number of hydrogen-bond donors (Lipinski definition) is 2. The standard InChI is InChI=1S/C17H21BrN4O/c1-17(2,16-20-14(18)12-5-3-4-6-22(12)16)21-15(23)13-10-7-11(13)9-19-8-10/h3-6,10-11,13,19H,7-9H2,1-2H3,(H,21,23). The second-order valence-electron chi connectivity index (χ2n) is 7.24. The molecule has 2 aliphatic rings. The van der Waals surface area contributed by atoms with Gasteiger partial charge in [-0.05, 0) is 73.3 Å². The molecule has 4 rings (SSSR count). The van der Waals surface area contributed by atoms with Gasteiger partial charge in [0.05, 0.1) is 11.1 Å². The largest absolute Gasteiger partial charge is 0.344 e. The molecule has 5 nitrogen and oxygen atoms in total. The van der Waals surface area contributed by atoms with Crippen LogP contribution < -0.4 is 10.6 Å². The number of halogens is 1. The molecule has 6 heteroatoms. The summed E-state index contributed by atoms with van der Waals surface area (Å²) in [6.45, 7) is 5.97. The van der Waals surface area contributed by atoms with Gasteiger partial charge in [-0.3, -0.25) is 4.79 Å². The fourth-order valence-electron chi connectivity index (χ4n) is 4.06. The van der Waals surface area contributed by atoms with Crippen molar-refractivity contribution >= 4 is 27.4 Å². The Balaban J connectivity index is 1.61. The van der Waals surface area contributed by atoms with Gasteiger partial charge < -0.3 is 15.0 Å². The molecule has 23 heavy (non-hydrogen) atoms. The quantitative estimate of drug-likeness (QED) is 0.863. The molecule has 122 valence electrons. The van der Waals surface area contributed by atoms with Crippen LogP contribution >= 0.6 is 15.9 Å².